The van der Waals surface area contributed by atoms with Crippen molar-refractivity contribution in [1.82, 2.24) is 5.32 Å². The Morgan fingerprint density at radius 3 is 1.86 bits per heavy atom. The Balaban J connectivity index is 3.25. The van der Waals surface area contributed by atoms with Crippen LogP contribution in [0, 0.1) is 5.92 Å². The van der Waals surface area contributed by atoms with Gasteiger partial charge in [0.15, 0.2) is 8.46 Å². The average Bonchev–Trinajstić information content (AvgIpc) is 2.70. The van der Waals surface area contributed by atoms with Crippen LogP contribution in [0.4, 0.5) is 0 Å². The van der Waals surface area contributed by atoms with Crippen molar-refractivity contribution in [2.45, 2.75) is 116 Å². The summed E-state index contributed by atoms with van der Waals surface area (Å²) in [6.45, 7) is 3.08. The molecule has 0 spiro atoms. The maximum atomic E-state index is 11.8. The standard InChI is InChI=1S/C23H46NO3P/c1-2-3-4-5-6-7-8-9-10-11-12-13-14-18-23(26)24-19-16-15-17-22(20-25)21-28-27/h22,25H,2-21H2,1H3,(H,24,26). The fourth-order valence-electron chi connectivity index (χ4n) is 3.52. The van der Waals surface area contributed by atoms with Gasteiger partial charge in [0.2, 0.25) is 5.91 Å². The molecule has 166 valence electrons. The first-order chi connectivity index (χ1) is 13.7. The van der Waals surface area contributed by atoms with Crippen molar-refractivity contribution < 1.29 is 14.5 Å². The Bertz CT molecular complexity index is 353. The predicted molar refractivity (Wildman–Crippen MR) is 120 cm³/mol. The SMILES string of the molecule is CCCCCCCCCCCCCCCC(=O)NCCCCC(CO)CP=O. The minimum atomic E-state index is 0.0979. The van der Waals surface area contributed by atoms with Gasteiger partial charge in [-0.2, -0.15) is 0 Å². The number of rotatable bonds is 22. The van der Waals surface area contributed by atoms with Crippen molar-refractivity contribution in [2.24, 2.45) is 5.92 Å². The van der Waals surface area contributed by atoms with Gasteiger partial charge >= 0.3 is 0 Å². The molecule has 28 heavy (non-hydrogen) atoms. The number of hydrogen-bond donors (Lipinski definition) is 2. The molecular weight excluding hydrogens is 369 g/mol. The van der Waals surface area contributed by atoms with Crippen LogP contribution in [0.25, 0.3) is 0 Å². The molecule has 1 unspecified atom stereocenters. The summed E-state index contributed by atoms with van der Waals surface area (Å²) in [6, 6.07) is 0. The monoisotopic (exact) mass is 415 g/mol. The van der Waals surface area contributed by atoms with Gasteiger partial charge in [-0.3, -0.25) is 9.36 Å². The van der Waals surface area contributed by atoms with Crippen molar-refractivity contribution >= 4 is 14.4 Å². The summed E-state index contributed by atoms with van der Waals surface area (Å²) < 4.78 is 10.5. The molecule has 0 aromatic carbocycles. The van der Waals surface area contributed by atoms with E-state index in [0.29, 0.717) is 19.1 Å². The van der Waals surface area contributed by atoms with Gasteiger partial charge in [0.05, 0.1) is 0 Å². The van der Waals surface area contributed by atoms with Gasteiger partial charge in [0.25, 0.3) is 0 Å². The van der Waals surface area contributed by atoms with Gasteiger partial charge in [0, 0.05) is 25.7 Å². The second kappa shape index (κ2) is 22.8. The third kappa shape index (κ3) is 20.3. The number of carbonyl (C=O) groups is 1. The summed E-state index contributed by atoms with van der Waals surface area (Å²) in [5.41, 5.74) is 0. The normalized spacial score (nSPS) is 12.4. The molecule has 0 saturated heterocycles. The Morgan fingerprint density at radius 2 is 1.36 bits per heavy atom. The zero-order valence-electron chi connectivity index (χ0n) is 18.4. The Kier molecular flexibility index (Phi) is 22.4. The summed E-state index contributed by atoms with van der Waals surface area (Å²) in [4.78, 5) is 11.8. The smallest absolute Gasteiger partial charge is 0.219 e. The van der Waals surface area contributed by atoms with Gasteiger partial charge in [-0.05, 0) is 25.2 Å². The lowest BCUT2D eigenvalue weighted by molar-refractivity contribution is -0.121. The highest BCUT2D eigenvalue weighted by atomic mass is 31.1. The molecule has 5 heteroatoms. The summed E-state index contributed by atoms with van der Waals surface area (Å²) in [5.74, 6) is 0.292. The van der Waals surface area contributed by atoms with E-state index in [1.807, 2.05) is 0 Å². The van der Waals surface area contributed by atoms with Gasteiger partial charge in [-0.1, -0.05) is 90.4 Å². The van der Waals surface area contributed by atoms with E-state index in [2.05, 4.69) is 12.2 Å². The van der Waals surface area contributed by atoms with Crippen molar-refractivity contribution in [3.8, 4) is 0 Å². The number of nitrogens with one attached hydrogen (secondary N) is 1. The first-order valence-corrected chi connectivity index (χ1v) is 12.9. The highest BCUT2D eigenvalue weighted by Gasteiger charge is 2.07. The maximum absolute atomic E-state index is 11.8. The average molecular weight is 416 g/mol. The van der Waals surface area contributed by atoms with Crippen LogP contribution in [0.15, 0.2) is 0 Å². The number of unbranched alkanes of at least 4 members (excludes halogenated alkanes) is 13. The van der Waals surface area contributed by atoms with Crippen molar-refractivity contribution in [3.63, 3.8) is 0 Å². The predicted octanol–water partition coefficient (Wildman–Crippen LogP) is 6.65. The summed E-state index contributed by atoms with van der Waals surface area (Å²) in [5, 5.41) is 12.1. The Morgan fingerprint density at radius 1 is 0.821 bits per heavy atom. The molecule has 0 radical (unpaired) electrons. The number of aliphatic hydroxyl groups is 1. The van der Waals surface area contributed by atoms with Crippen LogP contribution in [0.5, 0.6) is 0 Å². The second-order valence-corrected chi connectivity index (χ2v) is 8.82. The molecule has 0 aromatic rings. The molecular formula is C23H46NO3P. The lowest BCUT2D eigenvalue weighted by Crippen LogP contribution is -2.24. The molecule has 0 aliphatic carbocycles. The minimum absolute atomic E-state index is 0.0979. The molecule has 2 N–H and O–H groups in total. The second-order valence-electron chi connectivity index (χ2n) is 8.20. The number of hydrogen-bond acceptors (Lipinski definition) is 3. The Hall–Kier alpha value is -0.470. The van der Waals surface area contributed by atoms with E-state index in [1.54, 1.807) is 0 Å². The van der Waals surface area contributed by atoms with Gasteiger partial charge < -0.3 is 10.4 Å². The van der Waals surface area contributed by atoms with Crippen molar-refractivity contribution in [1.29, 1.82) is 0 Å². The third-order valence-corrected chi connectivity index (χ3v) is 6.13. The van der Waals surface area contributed by atoms with Crippen LogP contribution in [0.2, 0.25) is 0 Å². The van der Waals surface area contributed by atoms with Crippen molar-refractivity contribution in [2.75, 3.05) is 19.3 Å². The zero-order chi connectivity index (χ0) is 20.7. The van der Waals surface area contributed by atoms with Crippen molar-refractivity contribution in [3.05, 3.63) is 0 Å². The molecule has 0 bridgehead atoms. The number of aliphatic hydroxyl groups excluding tert-OH is 1. The Labute approximate surface area is 175 Å². The van der Waals surface area contributed by atoms with Crippen LogP contribution in [-0.2, 0) is 9.36 Å². The molecule has 0 fully saturated rings. The molecule has 0 saturated carbocycles. The first kappa shape index (κ1) is 27.5. The highest BCUT2D eigenvalue weighted by Crippen LogP contribution is 2.14. The van der Waals surface area contributed by atoms with Gasteiger partial charge in [-0.15, -0.1) is 0 Å². The third-order valence-electron chi connectivity index (χ3n) is 5.46. The van der Waals surface area contributed by atoms with Crippen LogP contribution in [0.1, 0.15) is 116 Å². The molecule has 1 atom stereocenters. The fourth-order valence-corrected chi connectivity index (χ4v) is 4.03. The molecule has 0 aliphatic rings. The number of carbonyl (C=O) groups excluding carboxylic acids is 1. The zero-order valence-corrected chi connectivity index (χ0v) is 19.3. The summed E-state index contributed by atoms with van der Waals surface area (Å²) >= 11 is 0. The molecule has 1 amide bonds. The van der Waals surface area contributed by atoms with E-state index in [1.165, 1.54) is 70.6 Å². The maximum Gasteiger partial charge on any atom is 0.219 e. The van der Waals surface area contributed by atoms with E-state index in [0.717, 1.165) is 32.1 Å². The fraction of sp³-hybridized carbons (Fsp3) is 0.957. The van der Waals surface area contributed by atoms with Crippen LogP contribution >= 0.6 is 8.46 Å². The molecule has 4 nitrogen and oxygen atoms in total. The van der Waals surface area contributed by atoms with Crippen LogP contribution in [0.3, 0.4) is 0 Å². The van der Waals surface area contributed by atoms with Crippen LogP contribution < -0.4 is 5.32 Å². The van der Waals surface area contributed by atoms with Gasteiger partial charge in [0.1, 0.15) is 0 Å². The van der Waals surface area contributed by atoms with E-state index < -0.39 is 0 Å². The summed E-state index contributed by atoms with van der Waals surface area (Å²) in [7, 11) is 0.108. The highest BCUT2D eigenvalue weighted by molar-refractivity contribution is 7.23. The summed E-state index contributed by atoms with van der Waals surface area (Å²) in [6.07, 6.45) is 21.2. The minimum Gasteiger partial charge on any atom is -0.396 e. The molecule has 0 rings (SSSR count). The van der Waals surface area contributed by atoms with E-state index in [9.17, 15) is 9.36 Å². The lowest BCUT2D eigenvalue weighted by Gasteiger charge is -2.10. The van der Waals surface area contributed by atoms with E-state index in [-0.39, 0.29) is 26.9 Å². The molecule has 0 aliphatic heterocycles. The van der Waals surface area contributed by atoms with Crippen LogP contribution in [-0.4, -0.2) is 30.3 Å². The molecule has 0 aromatic heterocycles. The number of amides is 1. The largest absolute Gasteiger partial charge is 0.396 e. The van der Waals surface area contributed by atoms with Gasteiger partial charge in [-0.25, -0.2) is 0 Å². The first-order valence-electron chi connectivity index (χ1n) is 11.9. The topological polar surface area (TPSA) is 66.4 Å². The quantitative estimate of drug-likeness (QED) is 0.154. The lowest BCUT2D eigenvalue weighted by atomic mass is 10.0. The van der Waals surface area contributed by atoms with E-state index in [4.69, 9.17) is 5.11 Å². The van der Waals surface area contributed by atoms with E-state index >= 15 is 0 Å². The molecule has 0 heterocycles.